The first-order chi connectivity index (χ1) is 11.4. The molecule has 126 valence electrons. The summed E-state index contributed by atoms with van der Waals surface area (Å²) >= 11 is 0. The molecule has 6 heteroatoms. The summed E-state index contributed by atoms with van der Waals surface area (Å²) in [6.07, 6.45) is 1.71. The van der Waals surface area contributed by atoms with Gasteiger partial charge < -0.3 is 5.32 Å². The molecule has 24 heavy (non-hydrogen) atoms. The Hall–Kier alpha value is -2.18. The van der Waals surface area contributed by atoms with Crippen LogP contribution in [-0.4, -0.2) is 32.7 Å². The fourth-order valence-corrected chi connectivity index (χ4v) is 3.88. The van der Waals surface area contributed by atoms with Crippen LogP contribution in [-0.2, 0) is 21.2 Å². The summed E-state index contributed by atoms with van der Waals surface area (Å²) in [5, 5.41) is 2.89. The van der Waals surface area contributed by atoms with Crippen LogP contribution >= 0.6 is 0 Å². The highest BCUT2D eigenvalue weighted by Crippen LogP contribution is 2.33. The van der Waals surface area contributed by atoms with Gasteiger partial charge in [-0.05, 0) is 48.2 Å². The predicted octanol–water partition coefficient (Wildman–Crippen LogP) is 2.61. The molecule has 0 saturated carbocycles. The van der Waals surface area contributed by atoms with E-state index in [4.69, 9.17) is 0 Å². The van der Waals surface area contributed by atoms with Crippen molar-refractivity contribution in [2.75, 3.05) is 19.4 Å². The quantitative estimate of drug-likeness (QED) is 0.927. The summed E-state index contributed by atoms with van der Waals surface area (Å²) in [5.41, 5.74) is 2.91. The number of nitrogens with zero attached hydrogens (tertiary/aromatic N) is 1. The number of carbonyl (C=O) groups is 1. The number of hydrogen-bond donors (Lipinski definition) is 1. The molecule has 0 heterocycles. The summed E-state index contributed by atoms with van der Waals surface area (Å²) in [7, 11) is -0.480. The Morgan fingerprint density at radius 2 is 1.75 bits per heavy atom. The van der Waals surface area contributed by atoms with Gasteiger partial charge in [-0.2, -0.15) is 0 Å². The lowest BCUT2D eigenvalue weighted by atomic mass is 10.0. The van der Waals surface area contributed by atoms with E-state index >= 15 is 0 Å². The molecule has 1 aliphatic rings. The fraction of sp³-hybridized carbons (Fsp3) is 0.278. The third-order valence-electron chi connectivity index (χ3n) is 4.35. The van der Waals surface area contributed by atoms with Gasteiger partial charge in [0.2, 0.25) is 15.9 Å². The molecule has 1 atom stereocenters. The molecule has 0 radical (unpaired) electrons. The minimum Gasteiger partial charge on any atom is -0.326 e. The molecular formula is C18H20N2O3S. The number of carbonyl (C=O) groups excluding carboxylic acids is 1. The van der Waals surface area contributed by atoms with Crippen LogP contribution in [0.15, 0.2) is 53.4 Å². The van der Waals surface area contributed by atoms with E-state index in [0.717, 1.165) is 22.7 Å². The fourth-order valence-electron chi connectivity index (χ4n) is 2.98. The van der Waals surface area contributed by atoms with E-state index in [1.54, 1.807) is 12.1 Å². The van der Waals surface area contributed by atoms with E-state index in [1.807, 2.05) is 18.2 Å². The number of sulfonamides is 1. The first-order valence-corrected chi connectivity index (χ1v) is 9.25. The number of rotatable bonds is 4. The summed E-state index contributed by atoms with van der Waals surface area (Å²) in [6.45, 7) is 0. The van der Waals surface area contributed by atoms with Gasteiger partial charge in [0.05, 0.1) is 10.8 Å². The van der Waals surface area contributed by atoms with Crippen LogP contribution in [0.3, 0.4) is 0 Å². The number of amides is 1. The molecule has 1 amide bonds. The van der Waals surface area contributed by atoms with Crippen LogP contribution in [0.4, 0.5) is 5.69 Å². The standard InChI is InChI=1S/C18H20N2O3S/c1-20(2)24(22,23)15-10-8-14(9-11-15)19-18(21)17-12-7-13-5-3-4-6-16(13)17/h3-6,8-11,17H,7,12H2,1-2H3,(H,19,21)/t17-/m1/s1. The maximum absolute atomic E-state index is 12.5. The molecule has 0 aromatic heterocycles. The van der Waals surface area contributed by atoms with Gasteiger partial charge in [-0.1, -0.05) is 24.3 Å². The average Bonchev–Trinajstić information content (AvgIpc) is 2.99. The predicted molar refractivity (Wildman–Crippen MR) is 93.4 cm³/mol. The topological polar surface area (TPSA) is 66.5 Å². The first kappa shape index (κ1) is 16.7. The van der Waals surface area contributed by atoms with E-state index in [9.17, 15) is 13.2 Å². The highest BCUT2D eigenvalue weighted by atomic mass is 32.2. The molecule has 3 rings (SSSR count). The van der Waals surface area contributed by atoms with Crippen molar-refractivity contribution in [2.24, 2.45) is 0 Å². The van der Waals surface area contributed by atoms with Gasteiger partial charge in [0.25, 0.3) is 0 Å². The zero-order chi connectivity index (χ0) is 17.3. The molecule has 1 N–H and O–H groups in total. The van der Waals surface area contributed by atoms with Gasteiger partial charge in [0.15, 0.2) is 0 Å². The number of fused-ring (bicyclic) bond motifs is 1. The van der Waals surface area contributed by atoms with E-state index in [2.05, 4.69) is 11.4 Å². The Bertz CT molecular complexity index is 858. The number of anilines is 1. The molecular weight excluding hydrogens is 324 g/mol. The molecule has 1 aliphatic carbocycles. The van der Waals surface area contributed by atoms with Crippen molar-refractivity contribution in [3.05, 3.63) is 59.7 Å². The van der Waals surface area contributed by atoms with Crippen molar-refractivity contribution in [1.29, 1.82) is 0 Å². The highest BCUT2D eigenvalue weighted by molar-refractivity contribution is 7.89. The lowest BCUT2D eigenvalue weighted by Crippen LogP contribution is -2.22. The van der Waals surface area contributed by atoms with E-state index in [-0.39, 0.29) is 16.7 Å². The van der Waals surface area contributed by atoms with Crippen LogP contribution in [0.1, 0.15) is 23.5 Å². The van der Waals surface area contributed by atoms with E-state index in [1.165, 1.54) is 31.8 Å². The minimum absolute atomic E-state index is 0.0526. The summed E-state index contributed by atoms with van der Waals surface area (Å²) < 4.78 is 25.3. The zero-order valence-electron chi connectivity index (χ0n) is 13.7. The van der Waals surface area contributed by atoms with Crippen molar-refractivity contribution in [1.82, 2.24) is 4.31 Å². The molecule has 2 aromatic carbocycles. The number of aryl methyl sites for hydroxylation is 1. The second-order valence-electron chi connectivity index (χ2n) is 6.09. The van der Waals surface area contributed by atoms with Crippen molar-refractivity contribution in [3.8, 4) is 0 Å². The second kappa shape index (κ2) is 6.37. The molecule has 0 unspecified atom stereocenters. The maximum Gasteiger partial charge on any atom is 0.242 e. The van der Waals surface area contributed by atoms with Gasteiger partial charge in [-0.15, -0.1) is 0 Å². The van der Waals surface area contributed by atoms with Crippen molar-refractivity contribution in [3.63, 3.8) is 0 Å². The van der Waals surface area contributed by atoms with E-state index < -0.39 is 10.0 Å². The van der Waals surface area contributed by atoms with Crippen LogP contribution < -0.4 is 5.32 Å². The number of nitrogens with one attached hydrogen (secondary N) is 1. The lowest BCUT2D eigenvalue weighted by Gasteiger charge is -2.14. The summed E-state index contributed by atoms with van der Waals surface area (Å²) in [4.78, 5) is 12.7. The van der Waals surface area contributed by atoms with Crippen molar-refractivity contribution >= 4 is 21.6 Å². The molecule has 5 nitrogen and oxygen atoms in total. The van der Waals surface area contributed by atoms with Gasteiger partial charge in [0, 0.05) is 19.8 Å². The average molecular weight is 344 g/mol. The Kier molecular flexibility index (Phi) is 4.43. The summed E-state index contributed by atoms with van der Waals surface area (Å²) in [5.74, 6) is -0.199. The Morgan fingerprint density at radius 3 is 2.42 bits per heavy atom. The Labute approximate surface area is 142 Å². The monoisotopic (exact) mass is 344 g/mol. The van der Waals surface area contributed by atoms with Crippen LogP contribution in [0.2, 0.25) is 0 Å². The molecule has 0 fully saturated rings. The largest absolute Gasteiger partial charge is 0.326 e. The number of hydrogen-bond acceptors (Lipinski definition) is 3. The Morgan fingerprint density at radius 1 is 1.08 bits per heavy atom. The minimum atomic E-state index is -3.46. The van der Waals surface area contributed by atoms with E-state index in [0.29, 0.717) is 5.69 Å². The maximum atomic E-state index is 12.5. The second-order valence-corrected chi connectivity index (χ2v) is 8.24. The molecule has 2 aromatic rings. The van der Waals surface area contributed by atoms with Gasteiger partial charge in [-0.25, -0.2) is 12.7 Å². The summed E-state index contributed by atoms with van der Waals surface area (Å²) in [6, 6.07) is 14.3. The normalized spacial score (nSPS) is 16.9. The van der Waals surface area contributed by atoms with Crippen molar-refractivity contribution < 1.29 is 13.2 Å². The highest BCUT2D eigenvalue weighted by Gasteiger charge is 2.28. The molecule has 0 aliphatic heterocycles. The zero-order valence-corrected chi connectivity index (χ0v) is 14.5. The number of benzene rings is 2. The van der Waals surface area contributed by atoms with Gasteiger partial charge >= 0.3 is 0 Å². The molecule has 0 bridgehead atoms. The third kappa shape index (κ3) is 3.07. The molecule has 0 spiro atoms. The van der Waals surface area contributed by atoms with Crippen LogP contribution in [0, 0.1) is 0 Å². The van der Waals surface area contributed by atoms with Crippen molar-refractivity contribution in [2.45, 2.75) is 23.7 Å². The van der Waals surface area contributed by atoms with Crippen LogP contribution in [0.25, 0.3) is 0 Å². The molecule has 0 saturated heterocycles. The smallest absolute Gasteiger partial charge is 0.242 e. The first-order valence-electron chi connectivity index (χ1n) is 7.81. The van der Waals surface area contributed by atoms with Gasteiger partial charge in [0.1, 0.15) is 0 Å². The SMILES string of the molecule is CN(C)S(=O)(=O)c1ccc(NC(=O)[C@@H]2CCc3ccccc32)cc1. The van der Waals surface area contributed by atoms with Crippen LogP contribution in [0.5, 0.6) is 0 Å². The lowest BCUT2D eigenvalue weighted by molar-refractivity contribution is -0.117. The van der Waals surface area contributed by atoms with Gasteiger partial charge in [-0.3, -0.25) is 4.79 Å². The third-order valence-corrected chi connectivity index (χ3v) is 6.18. The Balaban J connectivity index is 1.75.